The third kappa shape index (κ3) is 1.74. The Hall–Kier alpha value is -1.96. The zero-order chi connectivity index (χ0) is 10.8. The Balaban J connectivity index is 1.86. The van der Waals surface area contributed by atoms with E-state index in [-0.39, 0.29) is 0 Å². The smallest absolute Gasteiger partial charge is 0.231 e. The Labute approximate surface area is 94.4 Å². The molecule has 1 heterocycles. The van der Waals surface area contributed by atoms with Crippen LogP contribution in [0.25, 0.3) is 0 Å². The van der Waals surface area contributed by atoms with Crippen LogP contribution in [0.2, 0.25) is 0 Å². The van der Waals surface area contributed by atoms with Gasteiger partial charge in [0.25, 0.3) is 0 Å². The van der Waals surface area contributed by atoms with Gasteiger partial charge in [0.15, 0.2) is 11.5 Å². The summed E-state index contributed by atoms with van der Waals surface area (Å²) >= 11 is 0. The predicted molar refractivity (Wildman–Crippen MR) is 60.6 cm³/mol. The minimum Gasteiger partial charge on any atom is -0.454 e. The Bertz CT molecular complexity index is 491. The maximum absolute atomic E-state index is 5.35. The van der Waals surface area contributed by atoms with Crippen molar-refractivity contribution >= 4 is 0 Å². The lowest BCUT2D eigenvalue weighted by molar-refractivity contribution is 0.174. The van der Waals surface area contributed by atoms with E-state index >= 15 is 0 Å². The maximum Gasteiger partial charge on any atom is 0.231 e. The number of fused-ring (bicyclic) bond motifs is 1. The standard InChI is InChI=1S/C14H11O2/c1-2-4-11(5-3-1)8-12-6-7-13-14(9-12)16-10-15-13/h1-2,4-7,9H,8,10H2. The van der Waals surface area contributed by atoms with Gasteiger partial charge in [-0.3, -0.25) is 0 Å². The van der Waals surface area contributed by atoms with E-state index in [0.29, 0.717) is 6.79 Å². The highest BCUT2D eigenvalue weighted by atomic mass is 16.7. The van der Waals surface area contributed by atoms with E-state index in [4.69, 9.17) is 9.47 Å². The van der Waals surface area contributed by atoms with Crippen LogP contribution in [0.1, 0.15) is 11.1 Å². The molecule has 0 N–H and O–H groups in total. The van der Waals surface area contributed by atoms with Gasteiger partial charge in [0.2, 0.25) is 6.79 Å². The van der Waals surface area contributed by atoms with Crippen LogP contribution in [0.15, 0.2) is 42.5 Å². The van der Waals surface area contributed by atoms with Crippen molar-refractivity contribution in [3.8, 4) is 11.5 Å². The molecular weight excluding hydrogens is 200 g/mol. The Morgan fingerprint density at radius 2 is 2.00 bits per heavy atom. The van der Waals surface area contributed by atoms with E-state index in [1.807, 2.05) is 30.3 Å². The van der Waals surface area contributed by atoms with Crippen molar-refractivity contribution in [3.05, 3.63) is 59.7 Å². The molecule has 0 fully saturated rings. The highest BCUT2D eigenvalue weighted by Crippen LogP contribution is 2.32. The molecule has 0 aliphatic carbocycles. The van der Waals surface area contributed by atoms with Gasteiger partial charge in [0.1, 0.15) is 0 Å². The van der Waals surface area contributed by atoms with E-state index < -0.39 is 0 Å². The molecule has 0 saturated carbocycles. The fraction of sp³-hybridized carbons (Fsp3) is 0.143. The lowest BCUT2D eigenvalue weighted by atomic mass is 10.0. The molecule has 0 unspecified atom stereocenters. The normalized spacial score (nSPS) is 12.8. The molecule has 2 nitrogen and oxygen atoms in total. The molecule has 2 heteroatoms. The van der Waals surface area contributed by atoms with Crippen LogP contribution in [0.3, 0.4) is 0 Å². The lowest BCUT2D eigenvalue weighted by Gasteiger charge is -2.03. The van der Waals surface area contributed by atoms with Crippen molar-refractivity contribution in [1.29, 1.82) is 0 Å². The zero-order valence-corrected chi connectivity index (χ0v) is 8.77. The first-order valence-corrected chi connectivity index (χ1v) is 5.25. The second-order valence-electron chi connectivity index (χ2n) is 3.78. The summed E-state index contributed by atoms with van der Waals surface area (Å²) in [7, 11) is 0. The molecule has 2 aromatic rings. The minimum absolute atomic E-state index is 0.331. The van der Waals surface area contributed by atoms with E-state index in [2.05, 4.69) is 18.2 Å². The SMILES string of the molecule is [c]1cccc(Cc2ccc3c(c2)OCO3)c1. The molecule has 0 atom stereocenters. The molecule has 0 amide bonds. The summed E-state index contributed by atoms with van der Waals surface area (Å²) in [5.41, 5.74) is 2.48. The van der Waals surface area contributed by atoms with Crippen LogP contribution in [-0.2, 0) is 6.42 Å². The Kier molecular flexibility index (Phi) is 2.26. The van der Waals surface area contributed by atoms with Crippen molar-refractivity contribution in [3.63, 3.8) is 0 Å². The second-order valence-corrected chi connectivity index (χ2v) is 3.78. The molecule has 16 heavy (non-hydrogen) atoms. The van der Waals surface area contributed by atoms with Crippen LogP contribution < -0.4 is 9.47 Å². The van der Waals surface area contributed by atoms with Gasteiger partial charge < -0.3 is 9.47 Å². The van der Waals surface area contributed by atoms with Crippen molar-refractivity contribution in [2.45, 2.75) is 6.42 Å². The van der Waals surface area contributed by atoms with Gasteiger partial charge in [0, 0.05) is 0 Å². The fourth-order valence-electron chi connectivity index (χ4n) is 1.83. The zero-order valence-electron chi connectivity index (χ0n) is 8.77. The molecule has 0 spiro atoms. The lowest BCUT2D eigenvalue weighted by Crippen LogP contribution is -1.93. The number of hydrogen-bond acceptors (Lipinski definition) is 2. The average molecular weight is 211 g/mol. The molecule has 1 aliphatic rings. The van der Waals surface area contributed by atoms with Gasteiger partial charge in [-0.15, -0.1) is 0 Å². The van der Waals surface area contributed by atoms with Crippen LogP contribution in [-0.4, -0.2) is 6.79 Å². The van der Waals surface area contributed by atoms with Gasteiger partial charge in [-0.05, 0) is 35.7 Å². The molecular formula is C14H11O2. The molecule has 1 aliphatic heterocycles. The topological polar surface area (TPSA) is 18.5 Å². The second kappa shape index (κ2) is 3.89. The van der Waals surface area contributed by atoms with Crippen LogP contribution in [0.5, 0.6) is 11.5 Å². The first kappa shape index (κ1) is 9.28. The average Bonchev–Trinajstić information content (AvgIpc) is 2.77. The quantitative estimate of drug-likeness (QED) is 0.760. The summed E-state index contributed by atoms with van der Waals surface area (Å²) in [4.78, 5) is 0. The monoisotopic (exact) mass is 211 g/mol. The third-order valence-electron chi connectivity index (χ3n) is 2.62. The van der Waals surface area contributed by atoms with Crippen molar-refractivity contribution in [1.82, 2.24) is 0 Å². The summed E-state index contributed by atoms with van der Waals surface area (Å²) in [5.74, 6) is 1.68. The Morgan fingerprint density at radius 1 is 1.06 bits per heavy atom. The molecule has 0 aromatic heterocycles. The van der Waals surface area contributed by atoms with Crippen LogP contribution in [0.4, 0.5) is 0 Å². The molecule has 3 rings (SSSR count). The van der Waals surface area contributed by atoms with Crippen molar-refractivity contribution < 1.29 is 9.47 Å². The minimum atomic E-state index is 0.331. The van der Waals surface area contributed by atoms with Gasteiger partial charge in [0.05, 0.1) is 0 Å². The Morgan fingerprint density at radius 3 is 2.88 bits per heavy atom. The highest BCUT2D eigenvalue weighted by Gasteiger charge is 2.12. The summed E-state index contributed by atoms with van der Waals surface area (Å²) in [5, 5.41) is 0. The largest absolute Gasteiger partial charge is 0.454 e. The van der Waals surface area contributed by atoms with Gasteiger partial charge >= 0.3 is 0 Å². The molecule has 79 valence electrons. The first-order valence-electron chi connectivity index (χ1n) is 5.25. The number of hydrogen-bond donors (Lipinski definition) is 0. The molecule has 0 bridgehead atoms. The molecule has 1 radical (unpaired) electrons. The summed E-state index contributed by atoms with van der Waals surface area (Å²) in [6.45, 7) is 0.331. The van der Waals surface area contributed by atoms with E-state index in [0.717, 1.165) is 17.9 Å². The van der Waals surface area contributed by atoms with Crippen molar-refractivity contribution in [2.75, 3.05) is 6.79 Å². The number of rotatable bonds is 2. The fourth-order valence-corrected chi connectivity index (χ4v) is 1.83. The van der Waals surface area contributed by atoms with Crippen LogP contribution >= 0.6 is 0 Å². The van der Waals surface area contributed by atoms with Crippen LogP contribution in [0, 0.1) is 6.07 Å². The van der Waals surface area contributed by atoms with E-state index in [1.54, 1.807) is 0 Å². The number of benzene rings is 2. The highest BCUT2D eigenvalue weighted by molar-refractivity contribution is 5.45. The van der Waals surface area contributed by atoms with E-state index in [1.165, 1.54) is 11.1 Å². The molecule has 2 aromatic carbocycles. The van der Waals surface area contributed by atoms with Gasteiger partial charge in [-0.1, -0.05) is 30.3 Å². The maximum atomic E-state index is 5.35. The van der Waals surface area contributed by atoms with Gasteiger partial charge in [-0.25, -0.2) is 0 Å². The molecule has 0 saturated heterocycles. The van der Waals surface area contributed by atoms with Crippen molar-refractivity contribution in [2.24, 2.45) is 0 Å². The predicted octanol–water partition coefficient (Wildman–Crippen LogP) is 2.81. The van der Waals surface area contributed by atoms with Gasteiger partial charge in [-0.2, -0.15) is 0 Å². The first-order chi connectivity index (χ1) is 7.92. The summed E-state index contributed by atoms with van der Waals surface area (Å²) < 4.78 is 10.6. The summed E-state index contributed by atoms with van der Waals surface area (Å²) in [6, 6.07) is 17.2. The van der Waals surface area contributed by atoms with E-state index in [9.17, 15) is 0 Å². The number of ether oxygens (including phenoxy) is 2. The summed E-state index contributed by atoms with van der Waals surface area (Å²) in [6.07, 6.45) is 0.897. The third-order valence-corrected chi connectivity index (χ3v) is 2.62.